The fraction of sp³-hybridized carbons (Fsp3) is 0.588. The molecule has 2 aromatic heterocycles. The summed E-state index contributed by atoms with van der Waals surface area (Å²) in [4.78, 5) is 10.8. The van der Waals surface area contributed by atoms with Crippen molar-refractivity contribution < 1.29 is 0 Å². The summed E-state index contributed by atoms with van der Waals surface area (Å²) in [6, 6.07) is 2.01. The van der Waals surface area contributed by atoms with Gasteiger partial charge in [0.25, 0.3) is 0 Å². The number of rotatable bonds is 2. The Morgan fingerprint density at radius 2 is 2.00 bits per heavy atom. The van der Waals surface area contributed by atoms with E-state index in [1.54, 1.807) is 12.4 Å². The Balaban J connectivity index is 1.55. The molecule has 24 heavy (non-hydrogen) atoms. The van der Waals surface area contributed by atoms with Gasteiger partial charge in [0.1, 0.15) is 23.5 Å². The molecule has 2 aliphatic rings. The third kappa shape index (κ3) is 2.84. The molecule has 1 saturated heterocycles. The van der Waals surface area contributed by atoms with Crippen LogP contribution in [0.15, 0.2) is 12.4 Å². The number of fused-ring (bicyclic) bond motifs is 1. The highest BCUT2D eigenvalue weighted by Gasteiger charge is 2.28. The molecule has 0 aromatic carbocycles. The van der Waals surface area contributed by atoms with Crippen molar-refractivity contribution in [2.75, 3.05) is 18.0 Å². The Kier molecular flexibility index (Phi) is 4.11. The van der Waals surface area contributed by atoms with Gasteiger partial charge in [-0.05, 0) is 25.7 Å². The van der Waals surface area contributed by atoms with Gasteiger partial charge in [0, 0.05) is 32.0 Å². The Bertz CT molecular complexity index is 743. The lowest BCUT2D eigenvalue weighted by atomic mass is 9.97. The van der Waals surface area contributed by atoms with Gasteiger partial charge in [-0.1, -0.05) is 6.42 Å². The molecule has 124 valence electrons. The second-order valence-electron chi connectivity index (χ2n) is 6.59. The van der Waals surface area contributed by atoms with Crippen LogP contribution in [0, 0.1) is 11.3 Å². The summed E-state index contributed by atoms with van der Waals surface area (Å²) >= 11 is 0. The summed E-state index contributed by atoms with van der Waals surface area (Å²) in [6.45, 7) is 2.90. The zero-order chi connectivity index (χ0) is 16.4. The third-order valence-corrected chi connectivity index (χ3v) is 5.00. The highest BCUT2D eigenvalue weighted by molar-refractivity contribution is 5.38. The fourth-order valence-corrected chi connectivity index (χ4v) is 3.75. The largest absolute Gasteiger partial charge is 0.355 e. The van der Waals surface area contributed by atoms with Crippen LogP contribution >= 0.6 is 0 Å². The van der Waals surface area contributed by atoms with Gasteiger partial charge >= 0.3 is 0 Å². The lowest BCUT2D eigenvalue weighted by Crippen LogP contribution is -2.36. The van der Waals surface area contributed by atoms with Crippen molar-refractivity contribution in [3.63, 3.8) is 0 Å². The molecule has 0 N–H and O–H groups in total. The molecule has 0 spiro atoms. The maximum atomic E-state index is 8.86. The lowest BCUT2D eigenvalue weighted by molar-refractivity contribution is 0.463. The van der Waals surface area contributed by atoms with Crippen LogP contribution < -0.4 is 4.90 Å². The van der Waals surface area contributed by atoms with Gasteiger partial charge < -0.3 is 9.47 Å². The summed E-state index contributed by atoms with van der Waals surface area (Å²) in [5.41, 5.74) is 0.357. The predicted molar refractivity (Wildman–Crippen MR) is 88.5 cm³/mol. The van der Waals surface area contributed by atoms with E-state index < -0.39 is 0 Å². The Labute approximate surface area is 141 Å². The summed E-state index contributed by atoms with van der Waals surface area (Å²) < 4.78 is 2.35. The normalized spacial score (nSPS) is 21.0. The third-order valence-electron chi connectivity index (χ3n) is 5.00. The minimum atomic E-state index is 0.357. The van der Waals surface area contributed by atoms with Crippen molar-refractivity contribution in [3.8, 4) is 6.07 Å². The highest BCUT2D eigenvalue weighted by Crippen LogP contribution is 2.29. The molecule has 7 heteroatoms. The molecule has 1 atom stereocenters. The molecule has 0 radical (unpaired) electrons. The van der Waals surface area contributed by atoms with Gasteiger partial charge in [-0.15, -0.1) is 10.2 Å². The molecule has 4 rings (SSSR count). The molecule has 4 heterocycles. The van der Waals surface area contributed by atoms with Crippen LogP contribution in [0.4, 0.5) is 5.82 Å². The van der Waals surface area contributed by atoms with Crippen LogP contribution in [-0.2, 0) is 13.0 Å². The highest BCUT2D eigenvalue weighted by atomic mass is 15.3. The summed E-state index contributed by atoms with van der Waals surface area (Å²) in [6.07, 6.45) is 10.2. The number of hydrogen-bond donors (Lipinski definition) is 0. The van der Waals surface area contributed by atoms with Gasteiger partial charge in [-0.2, -0.15) is 5.26 Å². The van der Waals surface area contributed by atoms with Gasteiger partial charge in [-0.3, -0.25) is 0 Å². The van der Waals surface area contributed by atoms with Crippen molar-refractivity contribution >= 4 is 5.82 Å². The maximum absolute atomic E-state index is 8.86. The molecule has 0 amide bonds. The first-order valence-electron chi connectivity index (χ1n) is 8.74. The average molecular weight is 323 g/mol. The number of anilines is 1. The number of nitrogens with zero attached hydrogens (tertiary/aromatic N) is 7. The van der Waals surface area contributed by atoms with Crippen molar-refractivity contribution in [1.82, 2.24) is 24.7 Å². The zero-order valence-electron chi connectivity index (χ0n) is 13.7. The molecule has 2 aliphatic heterocycles. The standard InChI is InChI=1S/C17H21N7/c18-9-14-10-20-16(11-19-14)23-7-4-5-13(12-23)17-22-21-15-6-2-1-3-8-24(15)17/h10-11,13H,1-8,12H2. The second kappa shape index (κ2) is 6.56. The molecular weight excluding hydrogens is 302 g/mol. The molecule has 7 nitrogen and oxygen atoms in total. The van der Waals surface area contributed by atoms with Crippen LogP contribution in [0.5, 0.6) is 0 Å². The van der Waals surface area contributed by atoms with E-state index in [0.717, 1.165) is 56.4 Å². The van der Waals surface area contributed by atoms with Crippen LogP contribution in [-0.4, -0.2) is 37.8 Å². The quantitative estimate of drug-likeness (QED) is 0.841. The topological polar surface area (TPSA) is 83.5 Å². The van der Waals surface area contributed by atoms with E-state index in [4.69, 9.17) is 5.26 Å². The van der Waals surface area contributed by atoms with Crippen LogP contribution in [0.1, 0.15) is 55.4 Å². The molecule has 0 bridgehead atoms. The van der Waals surface area contributed by atoms with E-state index in [1.165, 1.54) is 19.3 Å². The average Bonchev–Trinajstić information content (AvgIpc) is 2.90. The van der Waals surface area contributed by atoms with Crippen LogP contribution in [0.25, 0.3) is 0 Å². The Morgan fingerprint density at radius 1 is 1.04 bits per heavy atom. The second-order valence-corrected chi connectivity index (χ2v) is 6.59. The number of hydrogen-bond acceptors (Lipinski definition) is 6. The van der Waals surface area contributed by atoms with Crippen LogP contribution in [0.3, 0.4) is 0 Å². The Hall–Kier alpha value is -2.49. The van der Waals surface area contributed by atoms with Crippen molar-refractivity contribution in [1.29, 1.82) is 5.26 Å². The molecule has 0 aliphatic carbocycles. The van der Waals surface area contributed by atoms with Crippen molar-refractivity contribution in [2.45, 2.75) is 51.0 Å². The van der Waals surface area contributed by atoms with Crippen molar-refractivity contribution in [3.05, 3.63) is 29.7 Å². The van der Waals surface area contributed by atoms with E-state index in [1.807, 2.05) is 6.07 Å². The predicted octanol–water partition coefficient (Wildman–Crippen LogP) is 2.05. The molecule has 0 saturated carbocycles. The summed E-state index contributed by atoms with van der Waals surface area (Å²) in [5, 5.41) is 17.8. The summed E-state index contributed by atoms with van der Waals surface area (Å²) in [5.74, 6) is 3.51. The smallest absolute Gasteiger partial charge is 0.158 e. The van der Waals surface area contributed by atoms with E-state index in [0.29, 0.717) is 11.6 Å². The first kappa shape index (κ1) is 15.1. The summed E-state index contributed by atoms with van der Waals surface area (Å²) in [7, 11) is 0. The van der Waals surface area contributed by atoms with E-state index >= 15 is 0 Å². The minimum Gasteiger partial charge on any atom is -0.355 e. The van der Waals surface area contributed by atoms with Gasteiger partial charge in [-0.25, -0.2) is 9.97 Å². The van der Waals surface area contributed by atoms with Gasteiger partial charge in [0.15, 0.2) is 5.69 Å². The Morgan fingerprint density at radius 3 is 2.83 bits per heavy atom. The first-order valence-corrected chi connectivity index (χ1v) is 8.74. The fourth-order valence-electron chi connectivity index (χ4n) is 3.75. The van der Waals surface area contributed by atoms with Crippen LogP contribution in [0.2, 0.25) is 0 Å². The molecule has 1 unspecified atom stereocenters. The number of aryl methyl sites for hydroxylation is 1. The lowest BCUT2D eigenvalue weighted by Gasteiger charge is -2.33. The maximum Gasteiger partial charge on any atom is 0.158 e. The zero-order valence-corrected chi connectivity index (χ0v) is 13.7. The van der Waals surface area contributed by atoms with Gasteiger partial charge in [0.2, 0.25) is 0 Å². The SMILES string of the molecule is N#Cc1cnc(N2CCCC(c3nnc4n3CCCCC4)C2)cn1. The molecule has 1 fully saturated rings. The van der Waals surface area contributed by atoms with E-state index in [9.17, 15) is 0 Å². The van der Waals surface area contributed by atoms with E-state index in [-0.39, 0.29) is 0 Å². The first-order chi connectivity index (χ1) is 11.8. The minimum absolute atomic E-state index is 0.357. The molecular formula is C17H21N7. The van der Waals surface area contributed by atoms with Gasteiger partial charge in [0.05, 0.1) is 12.4 Å². The van der Waals surface area contributed by atoms with E-state index in [2.05, 4.69) is 29.6 Å². The van der Waals surface area contributed by atoms with Crippen molar-refractivity contribution in [2.24, 2.45) is 0 Å². The monoisotopic (exact) mass is 323 g/mol. The number of nitriles is 1. The number of aromatic nitrogens is 5. The number of piperidine rings is 1. The molecule has 2 aromatic rings.